The van der Waals surface area contributed by atoms with Crippen LogP contribution in [0.2, 0.25) is 0 Å². The predicted octanol–water partition coefficient (Wildman–Crippen LogP) is 20.8. The molecule has 0 spiro atoms. The second-order valence-corrected chi connectivity index (χ2v) is 29.6. The van der Waals surface area contributed by atoms with Gasteiger partial charge in [-0.3, -0.25) is 37.3 Å². The van der Waals surface area contributed by atoms with Crippen LogP contribution in [-0.2, 0) is 65.4 Å². The zero-order chi connectivity index (χ0) is 67.2. The van der Waals surface area contributed by atoms with Crippen molar-refractivity contribution < 1.29 is 80.2 Å². The highest BCUT2D eigenvalue weighted by molar-refractivity contribution is 7.47. The van der Waals surface area contributed by atoms with Crippen molar-refractivity contribution in [1.82, 2.24) is 0 Å². The van der Waals surface area contributed by atoms with Crippen molar-refractivity contribution >= 4 is 39.5 Å². The zero-order valence-corrected chi connectivity index (χ0v) is 60.9. The minimum absolute atomic E-state index is 0.106. The number of ether oxygens (including phenoxy) is 4. The van der Waals surface area contributed by atoms with Crippen LogP contribution in [-0.4, -0.2) is 96.7 Å². The van der Waals surface area contributed by atoms with Crippen LogP contribution < -0.4 is 0 Å². The fourth-order valence-electron chi connectivity index (χ4n) is 10.9. The fraction of sp³-hybridized carbons (Fsp3) is 0.944. The number of aliphatic hydroxyl groups is 1. The molecule has 0 heterocycles. The van der Waals surface area contributed by atoms with Crippen molar-refractivity contribution in [2.75, 3.05) is 39.6 Å². The first-order chi connectivity index (χ1) is 43.9. The third-order valence-electron chi connectivity index (χ3n) is 17.1. The molecule has 0 rings (SSSR count). The first kappa shape index (κ1) is 89.1. The first-order valence-corrected chi connectivity index (χ1v) is 40.5. The quantitative estimate of drug-likeness (QED) is 0.0222. The number of esters is 4. The van der Waals surface area contributed by atoms with E-state index in [0.717, 1.165) is 102 Å². The van der Waals surface area contributed by atoms with E-state index in [1.165, 1.54) is 186 Å². The van der Waals surface area contributed by atoms with Crippen molar-refractivity contribution in [3.8, 4) is 0 Å². The summed E-state index contributed by atoms with van der Waals surface area (Å²) in [6, 6.07) is 0. The molecule has 19 heteroatoms. The summed E-state index contributed by atoms with van der Waals surface area (Å²) in [6.45, 7) is 9.57. The lowest BCUT2D eigenvalue weighted by molar-refractivity contribution is -0.161. The molecule has 0 aromatic heterocycles. The van der Waals surface area contributed by atoms with Gasteiger partial charge in [-0.15, -0.1) is 0 Å². The number of phosphoric ester groups is 2. The summed E-state index contributed by atoms with van der Waals surface area (Å²) in [5.41, 5.74) is 0. The Morgan fingerprint density at radius 2 is 0.560 bits per heavy atom. The summed E-state index contributed by atoms with van der Waals surface area (Å²) >= 11 is 0. The summed E-state index contributed by atoms with van der Waals surface area (Å²) in [5.74, 6) is -0.580. The molecule has 6 atom stereocenters. The Hall–Kier alpha value is -1.94. The predicted molar refractivity (Wildman–Crippen MR) is 368 cm³/mol. The van der Waals surface area contributed by atoms with E-state index in [-0.39, 0.29) is 25.7 Å². The van der Waals surface area contributed by atoms with Crippen molar-refractivity contribution in [2.45, 2.75) is 387 Å². The first-order valence-electron chi connectivity index (χ1n) is 37.5. The van der Waals surface area contributed by atoms with E-state index >= 15 is 0 Å². The van der Waals surface area contributed by atoms with Crippen LogP contribution in [0.5, 0.6) is 0 Å². The molecule has 0 amide bonds. The lowest BCUT2D eigenvalue weighted by Gasteiger charge is -2.21. The van der Waals surface area contributed by atoms with Crippen molar-refractivity contribution in [3.63, 3.8) is 0 Å². The van der Waals surface area contributed by atoms with Gasteiger partial charge in [-0.2, -0.15) is 0 Å². The summed E-state index contributed by atoms with van der Waals surface area (Å²) in [6.07, 6.45) is 49.7. The highest BCUT2D eigenvalue weighted by Crippen LogP contribution is 2.45. The average molecular weight is 1340 g/mol. The maximum atomic E-state index is 13.0. The van der Waals surface area contributed by atoms with E-state index < -0.39 is 97.5 Å². The van der Waals surface area contributed by atoms with Gasteiger partial charge in [-0.05, 0) is 37.5 Å². The molecule has 0 aliphatic rings. The van der Waals surface area contributed by atoms with Crippen LogP contribution >= 0.6 is 15.6 Å². The molecule has 91 heavy (non-hydrogen) atoms. The minimum Gasteiger partial charge on any atom is -0.462 e. The monoisotopic (exact) mass is 1340 g/mol. The number of carbonyl (C=O) groups is 4. The molecule has 0 fully saturated rings. The summed E-state index contributed by atoms with van der Waals surface area (Å²) in [5, 5.41) is 10.6. The van der Waals surface area contributed by atoms with Gasteiger partial charge in [0.2, 0.25) is 0 Å². The van der Waals surface area contributed by atoms with E-state index in [0.29, 0.717) is 25.7 Å². The lowest BCUT2D eigenvalue weighted by atomic mass is 9.99. The fourth-order valence-corrected chi connectivity index (χ4v) is 12.5. The second kappa shape index (κ2) is 64.1. The smallest absolute Gasteiger partial charge is 0.462 e. The van der Waals surface area contributed by atoms with Gasteiger partial charge in [0.15, 0.2) is 12.2 Å². The topological polar surface area (TPSA) is 237 Å². The number of carbonyl (C=O) groups excluding carboxylic acids is 4. The number of unbranched alkanes of at least 4 members (excludes halogenated alkanes) is 40. The van der Waals surface area contributed by atoms with E-state index in [1.54, 1.807) is 0 Å². The SMILES string of the molecule is CCCCCCCCCCCCCCCC(=O)OC[C@H](COP(=O)(O)OC[C@@H](O)COP(=O)(O)OC[C@@H](COC(=O)CCCCCCCCCCCCCC)OC(=O)CCCCCCCCCCCC(C)C)OC(=O)CCCCCCCCCCCCC(C)CC. The maximum Gasteiger partial charge on any atom is 0.472 e. The third kappa shape index (κ3) is 65.1. The number of aliphatic hydroxyl groups excluding tert-OH is 1. The largest absolute Gasteiger partial charge is 0.472 e. The Kier molecular flexibility index (Phi) is 62.7. The summed E-state index contributed by atoms with van der Waals surface area (Å²) in [7, 11) is -9.90. The Balaban J connectivity index is 5.27. The maximum absolute atomic E-state index is 13.0. The molecule has 540 valence electrons. The Morgan fingerprint density at radius 1 is 0.319 bits per heavy atom. The number of hydrogen-bond donors (Lipinski definition) is 3. The van der Waals surface area contributed by atoms with Crippen LogP contribution in [0.3, 0.4) is 0 Å². The Labute approximate surface area is 556 Å². The number of hydrogen-bond acceptors (Lipinski definition) is 15. The van der Waals surface area contributed by atoms with E-state index in [4.69, 9.17) is 37.0 Å². The molecule has 3 unspecified atom stereocenters. The molecule has 0 aromatic carbocycles. The van der Waals surface area contributed by atoms with Gasteiger partial charge in [0.05, 0.1) is 26.4 Å². The Morgan fingerprint density at radius 3 is 0.835 bits per heavy atom. The molecule has 0 aromatic rings. The van der Waals surface area contributed by atoms with Crippen molar-refractivity contribution in [1.29, 1.82) is 0 Å². The van der Waals surface area contributed by atoms with Gasteiger partial charge < -0.3 is 33.8 Å². The number of rotatable bonds is 71. The normalized spacial score (nSPS) is 14.4. The zero-order valence-electron chi connectivity index (χ0n) is 59.1. The van der Waals surface area contributed by atoms with E-state index in [9.17, 15) is 43.2 Å². The average Bonchev–Trinajstić information content (AvgIpc) is 3.32. The lowest BCUT2D eigenvalue weighted by Crippen LogP contribution is -2.30. The molecule has 0 bridgehead atoms. The molecule has 3 N–H and O–H groups in total. The van der Waals surface area contributed by atoms with E-state index in [2.05, 4.69) is 41.5 Å². The van der Waals surface area contributed by atoms with Crippen LogP contribution in [0.25, 0.3) is 0 Å². The van der Waals surface area contributed by atoms with Gasteiger partial charge in [0.1, 0.15) is 19.3 Å². The van der Waals surface area contributed by atoms with E-state index in [1.807, 2.05) is 0 Å². The number of phosphoric acid groups is 2. The molecule has 0 saturated heterocycles. The molecule has 17 nitrogen and oxygen atoms in total. The van der Waals surface area contributed by atoms with Gasteiger partial charge in [0.25, 0.3) is 0 Å². The standard InChI is InChI=1S/C72H140O17P2/c1-7-10-12-14-16-18-20-22-24-31-37-43-49-55-70(75)83-60-67(88-71(76)56-50-44-38-32-26-25-29-35-41-47-53-65(6)9-3)62-86-90(78,79)84-58-66(73)59-85-91(80,81)87-63-68(89-72(77)57-51-45-39-33-27-28-34-40-46-52-64(4)5)61-82-69(74)54-48-42-36-30-23-21-19-17-15-13-11-8-2/h64-68,73H,7-63H2,1-6H3,(H,78,79)(H,80,81)/t65?,66-,67-,68-/m1/s1. The van der Waals surface area contributed by atoms with Crippen molar-refractivity contribution in [3.05, 3.63) is 0 Å². The highest BCUT2D eigenvalue weighted by Gasteiger charge is 2.30. The molecule has 0 saturated carbocycles. The van der Waals surface area contributed by atoms with Gasteiger partial charge >= 0.3 is 39.5 Å². The Bertz CT molecular complexity index is 1770. The van der Waals surface area contributed by atoms with Crippen LogP contribution in [0.15, 0.2) is 0 Å². The van der Waals surface area contributed by atoms with Crippen LogP contribution in [0.4, 0.5) is 0 Å². The molecule has 0 aliphatic carbocycles. The molecular formula is C72H140O17P2. The molecular weight excluding hydrogens is 1200 g/mol. The highest BCUT2D eigenvalue weighted by atomic mass is 31.2. The third-order valence-corrected chi connectivity index (χ3v) is 19.0. The summed E-state index contributed by atoms with van der Waals surface area (Å²) < 4.78 is 68.4. The van der Waals surface area contributed by atoms with Crippen molar-refractivity contribution in [2.24, 2.45) is 11.8 Å². The van der Waals surface area contributed by atoms with Crippen LogP contribution in [0.1, 0.15) is 369 Å². The van der Waals surface area contributed by atoms with Gasteiger partial charge in [0, 0.05) is 25.7 Å². The van der Waals surface area contributed by atoms with Gasteiger partial charge in [-0.1, -0.05) is 318 Å². The molecule has 0 radical (unpaired) electrons. The van der Waals surface area contributed by atoms with Crippen LogP contribution in [0, 0.1) is 11.8 Å². The second-order valence-electron chi connectivity index (χ2n) is 26.7. The minimum atomic E-state index is -4.95. The van der Waals surface area contributed by atoms with Gasteiger partial charge in [-0.25, -0.2) is 9.13 Å². The summed E-state index contributed by atoms with van der Waals surface area (Å²) in [4.78, 5) is 72.7. The molecule has 0 aliphatic heterocycles.